The van der Waals surface area contributed by atoms with Crippen LogP contribution in [0.3, 0.4) is 0 Å². The normalized spacial score (nSPS) is 15.7. The Kier molecular flexibility index (Phi) is 16.7. The molecule has 0 amide bonds. The fraction of sp³-hybridized carbons (Fsp3) is 0.432. The average Bonchev–Trinajstić information content (AvgIpc) is 2.98. The molecule has 0 saturated carbocycles. The van der Waals surface area contributed by atoms with E-state index in [0.29, 0.717) is 36.3 Å². The molecule has 0 bridgehead atoms. The molecule has 0 aliphatic carbocycles. The van der Waals surface area contributed by atoms with Crippen LogP contribution in [0.25, 0.3) is 11.1 Å². The summed E-state index contributed by atoms with van der Waals surface area (Å²) in [5, 5.41) is 3.56. The predicted molar refractivity (Wildman–Crippen MR) is 187 cm³/mol. The highest BCUT2D eigenvalue weighted by Gasteiger charge is 2.34. The number of nitrogens with one attached hydrogen (secondary N) is 1. The lowest BCUT2D eigenvalue weighted by molar-refractivity contribution is 0.0864. The average molecular weight is 595 g/mol. The van der Waals surface area contributed by atoms with Gasteiger partial charge in [-0.3, -0.25) is 4.99 Å². The molecule has 1 fully saturated rings. The minimum absolute atomic E-state index is 0.142. The van der Waals surface area contributed by atoms with Crippen molar-refractivity contribution in [2.75, 3.05) is 13.1 Å². The van der Waals surface area contributed by atoms with Crippen LogP contribution in [0.5, 0.6) is 0 Å². The quantitative estimate of drug-likeness (QED) is 0.174. The van der Waals surface area contributed by atoms with Crippen molar-refractivity contribution in [3.8, 4) is 0 Å². The van der Waals surface area contributed by atoms with Gasteiger partial charge in [0.15, 0.2) is 0 Å². The number of rotatable bonds is 9. The maximum atomic E-state index is 14.7. The van der Waals surface area contributed by atoms with Crippen molar-refractivity contribution >= 4 is 31.4 Å². The van der Waals surface area contributed by atoms with Crippen LogP contribution in [-0.4, -0.2) is 24.5 Å². The third kappa shape index (κ3) is 11.5. The maximum absolute atomic E-state index is 14.7. The summed E-state index contributed by atoms with van der Waals surface area (Å²) in [6, 6.07) is 12.3. The second kappa shape index (κ2) is 18.8. The fourth-order valence-electron chi connectivity index (χ4n) is 4.20. The van der Waals surface area contributed by atoms with E-state index in [-0.39, 0.29) is 5.82 Å². The summed E-state index contributed by atoms with van der Waals surface area (Å²) in [4.78, 5) is 4.33. The Balaban J connectivity index is 0.000000397. The van der Waals surface area contributed by atoms with Crippen LogP contribution >= 0.6 is 9.24 Å². The molecule has 3 rings (SSSR count). The van der Waals surface area contributed by atoms with Crippen molar-refractivity contribution in [1.82, 2.24) is 5.32 Å². The van der Waals surface area contributed by atoms with Gasteiger partial charge in [-0.15, -0.1) is 9.24 Å². The highest BCUT2D eigenvalue weighted by atomic mass is 31.0. The number of alkyl halides is 1. The Labute approximate surface area is 257 Å². The maximum Gasteiger partial charge on any atom is 0.138 e. The molecular formula is C37H53F2N2P. The molecule has 1 saturated heterocycles. The summed E-state index contributed by atoms with van der Waals surface area (Å²) in [6.07, 6.45) is 10.4. The molecule has 1 heterocycles. The van der Waals surface area contributed by atoms with E-state index < -0.39 is 5.67 Å². The molecule has 2 aromatic carbocycles. The zero-order valence-electron chi connectivity index (χ0n) is 27.4. The molecule has 2 aromatic rings. The van der Waals surface area contributed by atoms with E-state index in [0.717, 1.165) is 40.8 Å². The molecule has 5 heteroatoms. The van der Waals surface area contributed by atoms with Gasteiger partial charge in [0.05, 0.1) is 0 Å². The third-order valence-electron chi connectivity index (χ3n) is 7.73. The number of allylic oxidation sites excluding steroid dienone is 6. The molecule has 1 N–H and O–H groups in total. The summed E-state index contributed by atoms with van der Waals surface area (Å²) >= 11 is 0. The lowest BCUT2D eigenvalue weighted by Crippen LogP contribution is -2.55. The first-order valence-corrected chi connectivity index (χ1v) is 15.7. The number of hydrogen-bond acceptors (Lipinski definition) is 2. The van der Waals surface area contributed by atoms with Crippen LogP contribution in [0, 0.1) is 5.82 Å². The van der Waals surface area contributed by atoms with E-state index in [1.54, 1.807) is 6.20 Å². The summed E-state index contributed by atoms with van der Waals surface area (Å²) in [7, 11) is 2.57. The molecule has 2 unspecified atom stereocenters. The minimum atomic E-state index is -0.847. The molecule has 42 heavy (non-hydrogen) atoms. The second-order valence-corrected chi connectivity index (χ2v) is 11.6. The van der Waals surface area contributed by atoms with Crippen LogP contribution in [0.2, 0.25) is 0 Å². The van der Waals surface area contributed by atoms with Crippen LogP contribution in [0.15, 0.2) is 78.0 Å². The Bertz CT molecular complexity index is 1280. The molecule has 1 aliphatic rings. The number of nitrogens with zero attached hydrogens (tertiary/aromatic N) is 1. The Morgan fingerprint density at radius 3 is 2.14 bits per heavy atom. The number of benzene rings is 2. The predicted octanol–water partition coefficient (Wildman–Crippen LogP) is 10.2. The van der Waals surface area contributed by atoms with E-state index in [2.05, 4.69) is 78.1 Å². The lowest BCUT2D eigenvalue weighted by atomic mass is 9.95. The van der Waals surface area contributed by atoms with Gasteiger partial charge in [0.2, 0.25) is 0 Å². The SMILES string of the molecule is C=C(C)c1ccccc1CC.CCC1(F)CNC1.C\C=C/N=C(C)/C(C)=C/C=C(\C)c1ccc(C(C)CC)c(P)c1F. The molecule has 0 spiro atoms. The van der Waals surface area contributed by atoms with Crippen LogP contribution in [0.1, 0.15) is 103 Å². The first-order valence-electron chi connectivity index (χ1n) is 15.1. The molecule has 2 atom stereocenters. The van der Waals surface area contributed by atoms with Gasteiger partial charge in [-0.25, -0.2) is 8.78 Å². The monoisotopic (exact) mass is 594 g/mol. The largest absolute Gasteiger partial charge is 0.310 e. The van der Waals surface area contributed by atoms with Gasteiger partial charge < -0.3 is 5.32 Å². The first kappa shape index (κ1) is 37.3. The molecule has 2 nitrogen and oxygen atoms in total. The number of aryl methyl sites for hydroxylation is 1. The Morgan fingerprint density at radius 1 is 1.05 bits per heavy atom. The molecule has 0 aromatic heterocycles. The van der Waals surface area contributed by atoms with Crippen molar-refractivity contribution in [3.05, 3.63) is 101 Å². The summed E-state index contributed by atoms with van der Waals surface area (Å²) < 4.78 is 27.3. The van der Waals surface area contributed by atoms with Gasteiger partial charge >= 0.3 is 0 Å². The summed E-state index contributed by atoms with van der Waals surface area (Å²) in [5.41, 5.74) is 7.64. The Morgan fingerprint density at radius 2 is 1.69 bits per heavy atom. The van der Waals surface area contributed by atoms with E-state index in [1.807, 2.05) is 65.0 Å². The Hall–Kier alpha value is -2.68. The second-order valence-electron chi connectivity index (χ2n) is 11.0. The lowest BCUT2D eigenvalue weighted by Gasteiger charge is -2.33. The first-order chi connectivity index (χ1) is 19.8. The van der Waals surface area contributed by atoms with Gasteiger partial charge in [-0.05, 0) is 87.6 Å². The highest BCUT2D eigenvalue weighted by molar-refractivity contribution is 7.27. The van der Waals surface area contributed by atoms with Crippen molar-refractivity contribution in [2.24, 2.45) is 4.99 Å². The standard InChI is InChI=1S/C21H29FNP.C11H14.C5H10FN/c1-7-13-23-17(6)15(4)9-10-16(5)18-11-12-19(14(3)8-2)21(24)20(18)22;1-4-10-7-5-6-8-11(10)9(2)3;1-2-5(6)3-7-4-5/h7,9-14H,8,24H2,1-6H3;5-8H,2,4H2,1,3H3;7H,2-4H2,1H3/b13-7-,15-9+,16-10+,23-17+;;. The van der Waals surface area contributed by atoms with Crippen LogP contribution in [0.4, 0.5) is 8.78 Å². The minimum Gasteiger partial charge on any atom is -0.310 e. The van der Waals surface area contributed by atoms with Crippen LogP contribution < -0.4 is 10.6 Å². The van der Waals surface area contributed by atoms with Crippen molar-refractivity contribution < 1.29 is 8.78 Å². The summed E-state index contributed by atoms with van der Waals surface area (Å²) in [5.74, 6) is 0.217. The third-order valence-corrected chi connectivity index (χ3v) is 8.32. The van der Waals surface area contributed by atoms with E-state index in [1.165, 1.54) is 11.1 Å². The van der Waals surface area contributed by atoms with E-state index in [4.69, 9.17) is 0 Å². The molecule has 230 valence electrons. The van der Waals surface area contributed by atoms with Crippen molar-refractivity contribution in [3.63, 3.8) is 0 Å². The van der Waals surface area contributed by atoms with Gasteiger partial charge in [0, 0.05) is 35.9 Å². The molecule has 0 radical (unpaired) electrons. The van der Waals surface area contributed by atoms with Crippen LogP contribution in [-0.2, 0) is 6.42 Å². The van der Waals surface area contributed by atoms with Crippen molar-refractivity contribution in [1.29, 1.82) is 0 Å². The molecule has 1 aliphatic heterocycles. The summed E-state index contributed by atoms with van der Waals surface area (Å²) in [6.45, 7) is 23.3. The van der Waals surface area contributed by atoms with Crippen molar-refractivity contribution in [2.45, 2.75) is 93.2 Å². The highest BCUT2D eigenvalue weighted by Crippen LogP contribution is 2.25. The number of aliphatic imine (C=N–C) groups is 1. The van der Waals surface area contributed by atoms with Gasteiger partial charge in [-0.2, -0.15) is 0 Å². The zero-order chi connectivity index (χ0) is 31.9. The van der Waals surface area contributed by atoms with E-state index >= 15 is 0 Å². The van der Waals surface area contributed by atoms with E-state index in [9.17, 15) is 8.78 Å². The zero-order valence-corrected chi connectivity index (χ0v) is 28.5. The topological polar surface area (TPSA) is 24.4 Å². The number of halogens is 2. The van der Waals surface area contributed by atoms with Gasteiger partial charge in [0.1, 0.15) is 11.5 Å². The molecular weight excluding hydrogens is 541 g/mol. The number of hydrogen-bond donors (Lipinski definition) is 1. The van der Waals surface area contributed by atoms with Gasteiger partial charge in [-0.1, -0.05) is 94.5 Å². The smallest absolute Gasteiger partial charge is 0.138 e. The van der Waals surface area contributed by atoms with Gasteiger partial charge in [0.25, 0.3) is 0 Å². The fourth-order valence-corrected chi connectivity index (χ4v) is 4.74.